The smallest absolute Gasteiger partial charge is 0.414 e. The Morgan fingerprint density at radius 3 is 2.94 bits per heavy atom. The molecule has 0 radical (unpaired) electrons. The number of aliphatic hydroxyl groups is 1. The fraction of sp³-hybridized carbons (Fsp3) is 0.769. The maximum atomic E-state index is 12.0. The first-order valence-corrected chi connectivity index (χ1v) is 6.55. The van der Waals surface area contributed by atoms with Gasteiger partial charge in [-0.2, -0.15) is 0 Å². The van der Waals surface area contributed by atoms with Crippen molar-refractivity contribution >= 4 is 6.09 Å². The van der Waals surface area contributed by atoms with E-state index in [0.717, 1.165) is 32.4 Å². The lowest BCUT2D eigenvalue weighted by molar-refractivity contribution is 0.0612. The summed E-state index contributed by atoms with van der Waals surface area (Å²) in [4.78, 5) is 15.8. The summed E-state index contributed by atoms with van der Waals surface area (Å²) in [6.45, 7) is 8.16. The molecule has 1 saturated carbocycles. The van der Waals surface area contributed by atoms with E-state index in [1.54, 1.807) is 11.1 Å². The predicted octanol–water partition coefficient (Wildman–Crippen LogP) is 1.19. The highest BCUT2D eigenvalue weighted by Crippen LogP contribution is 2.39. The first-order chi connectivity index (χ1) is 8.58. The third kappa shape index (κ3) is 3.03. The van der Waals surface area contributed by atoms with Gasteiger partial charge in [0.05, 0.1) is 12.6 Å². The van der Waals surface area contributed by atoms with Gasteiger partial charge in [-0.1, -0.05) is 6.58 Å². The van der Waals surface area contributed by atoms with Gasteiger partial charge in [0.25, 0.3) is 0 Å². The summed E-state index contributed by atoms with van der Waals surface area (Å²) in [5.74, 6) is 0. The van der Waals surface area contributed by atoms with Gasteiger partial charge < -0.3 is 9.84 Å². The van der Waals surface area contributed by atoms with Gasteiger partial charge >= 0.3 is 6.09 Å². The van der Waals surface area contributed by atoms with E-state index in [1.165, 1.54) is 0 Å². The zero-order valence-corrected chi connectivity index (χ0v) is 11.0. The number of aliphatic hydroxyl groups excluding tert-OH is 1. The molecule has 5 nitrogen and oxygen atoms in total. The van der Waals surface area contributed by atoms with Crippen LogP contribution in [0.4, 0.5) is 4.79 Å². The highest BCUT2D eigenvalue weighted by Gasteiger charge is 2.43. The molecule has 0 spiro atoms. The number of β-amino-alcohol motifs (C(OH)–C–C–N with tert-alkyl or cyclic N) is 1. The number of ether oxygens (including phenoxy) is 1. The Bertz CT molecular complexity index is 328. The summed E-state index contributed by atoms with van der Waals surface area (Å²) in [7, 11) is 0. The molecule has 1 amide bonds. The van der Waals surface area contributed by atoms with Crippen LogP contribution in [-0.2, 0) is 4.74 Å². The minimum absolute atomic E-state index is 0.115. The van der Waals surface area contributed by atoms with E-state index in [-0.39, 0.29) is 24.3 Å². The van der Waals surface area contributed by atoms with Gasteiger partial charge in [0.2, 0.25) is 0 Å². The lowest BCUT2D eigenvalue weighted by Gasteiger charge is -2.26. The summed E-state index contributed by atoms with van der Waals surface area (Å²) in [6, 6.07) is 0.115. The molecule has 1 aliphatic heterocycles. The Morgan fingerprint density at radius 2 is 2.39 bits per heavy atom. The average molecular weight is 254 g/mol. The predicted molar refractivity (Wildman–Crippen MR) is 68.1 cm³/mol. The molecule has 1 N–H and O–H groups in total. The minimum Gasteiger partial charge on any atom is -0.443 e. The van der Waals surface area contributed by atoms with Crippen molar-refractivity contribution in [3.05, 3.63) is 12.8 Å². The number of hydrogen-bond acceptors (Lipinski definition) is 4. The second kappa shape index (κ2) is 5.28. The molecule has 2 aliphatic rings. The van der Waals surface area contributed by atoms with Crippen LogP contribution < -0.4 is 0 Å². The quantitative estimate of drug-likeness (QED) is 0.800. The lowest BCUT2D eigenvalue weighted by atomic mass is 10.2. The molecule has 0 aromatic heterocycles. The third-order valence-corrected chi connectivity index (χ3v) is 3.75. The van der Waals surface area contributed by atoms with Gasteiger partial charge in [-0.05, 0) is 26.2 Å². The minimum atomic E-state index is -0.291. The summed E-state index contributed by atoms with van der Waals surface area (Å²) in [5.41, 5.74) is -0.248. The standard InChI is InChI=1S/C13H22N2O3/c1-3-15(12(17)18-13(2)5-6-13)11-4-7-14(10-11)8-9-16/h3,11,16H,1,4-10H2,2H3. The number of hydrogen-bond donors (Lipinski definition) is 1. The second-order valence-electron chi connectivity index (χ2n) is 5.37. The Kier molecular flexibility index (Phi) is 3.92. The zero-order valence-electron chi connectivity index (χ0n) is 11.0. The number of amides is 1. The molecule has 1 aliphatic carbocycles. The van der Waals surface area contributed by atoms with E-state index >= 15 is 0 Å². The second-order valence-corrected chi connectivity index (χ2v) is 5.37. The van der Waals surface area contributed by atoms with E-state index in [9.17, 15) is 4.79 Å². The molecule has 1 atom stereocenters. The zero-order chi connectivity index (χ0) is 13.2. The molecule has 2 rings (SSSR count). The molecule has 102 valence electrons. The molecule has 2 fully saturated rings. The number of likely N-dealkylation sites (tertiary alicyclic amines) is 1. The Morgan fingerprint density at radius 1 is 1.67 bits per heavy atom. The van der Waals surface area contributed by atoms with Crippen LogP contribution in [0.3, 0.4) is 0 Å². The molecule has 1 saturated heterocycles. The lowest BCUT2D eigenvalue weighted by Crippen LogP contribution is -2.40. The molecule has 1 unspecified atom stereocenters. The monoisotopic (exact) mass is 254 g/mol. The largest absolute Gasteiger partial charge is 0.443 e. The van der Waals surface area contributed by atoms with E-state index in [4.69, 9.17) is 9.84 Å². The van der Waals surface area contributed by atoms with E-state index in [1.807, 2.05) is 6.92 Å². The van der Waals surface area contributed by atoms with Crippen LogP contribution in [0.1, 0.15) is 26.2 Å². The maximum Gasteiger partial charge on any atom is 0.414 e. The van der Waals surface area contributed by atoms with Crippen molar-refractivity contribution in [2.75, 3.05) is 26.2 Å². The van der Waals surface area contributed by atoms with Crippen LogP contribution in [0.25, 0.3) is 0 Å². The van der Waals surface area contributed by atoms with Crippen LogP contribution >= 0.6 is 0 Å². The fourth-order valence-corrected chi connectivity index (χ4v) is 2.30. The topological polar surface area (TPSA) is 53.0 Å². The normalized spacial score (nSPS) is 25.8. The summed E-state index contributed by atoms with van der Waals surface area (Å²) >= 11 is 0. The van der Waals surface area contributed by atoms with Crippen molar-refractivity contribution in [2.45, 2.75) is 37.8 Å². The fourth-order valence-electron chi connectivity index (χ4n) is 2.30. The number of carbonyl (C=O) groups is 1. The number of rotatable bonds is 5. The van der Waals surface area contributed by atoms with Gasteiger partial charge in [0.15, 0.2) is 0 Å². The van der Waals surface area contributed by atoms with Gasteiger partial charge in [-0.3, -0.25) is 9.80 Å². The molecule has 0 aromatic carbocycles. The first kappa shape index (κ1) is 13.4. The van der Waals surface area contributed by atoms with Gasteiger partial charge in [-0.25, -0.2) is 4.79 Å². The van der Waals surface area contributed by atoms with E-state index in [0.29, 0.717) is 6.54 Å². The third-order valence-electron chi connectivity index (χ3n) is 3.75. The molecule has 1 heterocycles. The van der Waals surface area contributed by atoms with Gasteiger partial charge in [-0.15, -0.1) is 0 Å². The molecule has 0 bridgehead atoms. The highest BCUT2D eigenvalue weighted by molar-refractivity contribution is 5.70. The number of carbonyl (C=O) groups excluding carboxylic acids is 1. The number of nitrogens with zero attached hydrogens (tertiary/aromatic N) is 2. The highest BCUT2D eigenvalue weighted by atomic mass is 16.6. The van der Waals surface area contributed by atoms with E-state index in [2.05, 4.69) is 11.5 Å². The van der Waals surface area contributed by atoms with Crippen LogP contribution in [0, 0.1) is 0 Å². The molecule has 5 heteroatoms. The molecular formula is C13H22N2O3. The average Bonchev–Trinajstić information content (AvgIpc) is 2.87. The summed E-state index contributed by atoms with van der Waals surface area (Å²) < 4.78 is 5.46. The van der Waals surface area contributed by atoms with Crippen molar-refractivity contribution in [1.82, 2.24) is 9.80 Å². The van der Waals surface area contributed by atoms with Crippen molar-refractivity contribution in [3.63, 3.8) is 0 Å². The van der Waals surface area contributed by atoms with Crippen molar-refractivity contribution in [2.24, 2.45) is 0 Å². The van der Waals surface area contributed by atoms with Gasteiger partial charge in [0.1, 0.15) is 5.60 Å². The summed E-state index contributed by atoms with van der Waals surface area (Å²) in [5, 5.41) is 8.91. The van der Waals surface area contributed by atoms with Crippen LogP contribution in [-0.4, -0.2) is 58.9 Å². The maximum absolute atomic E-state index is 12.0. The van der Waals surface area contributed by atoms with Crippen molar-refractivity contribution < 1.29 is 14.6 Å². The van der Waals surface area contributed by atoms with Crippen LogP contribution in [0.15, 0.2) is 12.8 Å². The molecular weight excluding hydrogens is 232 g/mol. The Labute approximate surface area is 108 Å². The van der Waals surface area contributed by atoms with Crippen LogP contribution in [0.2, 0.25) is 0 Å². The summed E-state index contributed by atoms with van der Waals surface area (Å²) in [6.07, 6.45) is 4.07. The SMILES string of the molecule is C=CN(C(=O)OC1(C)CC1)C1CCN(CCO)C1. The molecule has 18 heavy (non-hydrogen) atoms. The van der Waals surface area contributed by atoms with Gasteiger partial charge in [0, 0.05) is 25.8 Å². The van der Waals surface area contributed by atoms with Crippen LogP contribution in [0.5, 0.6) is 0 Å². The van der Waals surface area contributed by atoms with E-state index < -0.39 is 0 Å². The first-order valence-electron chi connectivity index (χ1n) is 6.55. The van der Waals surface area contributed by atoms with Crippen molar-refractivity contribution in [1.29, 1.82) is 0 Å². The molecule has 0 aromatic rings. The Hall–Kier alpha value is -1.07. The van der Waals surface area contributed by atoms with Crippen molar-refractivity contribution in [3.8, 4) is 0 Å². The Balaban J connectivity index is 1.88.